The molecule has 4 aromatic rings. The van der Waals surface area contributed by atoms with Crippen LogP contribution in [0.2, 0.25) is 0 Å². The smallest absolute Gasteiger partial charge is 0.221 e. The van der Waals surface area contributed by atoms with E-state index in [4.69, 9.17) is 4.99 Å². The number of aromatic nitrogens is 1. The fourth-order valence-corrected chi connectivity index (χ4v) is 4.43. The van der Waals surface area contributed by atoms with Crippen molar-refractivity contribution in [2.24, 2.45) is 4.99 Å². The molecule has 4 rings (SSSR count). The Morgan fingerprint density at radius 2 is 1.85 bits per heavy atom. The van der Waals surface area contributed by atoms with E-state index in [1.54, 1.807) is 12.1 Å². The summed E-state index contributed by atoms with van der Waals surface area (Å²) >= 11 is 4.98. The molecule has 1 heterocycles. The van der Waals surface area contributed by atoms with Crippen LogP contribution in [0, 0.1) is 5.82 Å². The molecule has 0 saturated carbocycles. The van der Waals surface area contributed by atoms with Crippen molar-refractivity contribution >= 4 is 50.2 Å². The number of benzene rings is 3. The molecule has 3 aromatic carbocycles. The number of nitrogens with zero attached hydrogens (tertiary/aromatic N) is 2. The zero-order valence-electron chi connectivity index (χ0n) is 17.7. The lowest BCUT2D eigenvalue weighted by atomic mass is 10.1. The minimum atomic E-state index is -0.312. The van der Waals surface area contributed by atoms with Crippen molar-refractivity contribution in [3.63, 3.8) is 0 Å². The lowest BCUT2D eigenvalue weighted by Crippen LogP contribution is -2.25. The monoisotopic (exact) mass is 522 g/mol. The van der Waals surface area contributed by atoms with Gasteiger partial charge < -0.3 is 5.32 Å². The largest absolute Gasteiger partial charge is 0.326 e. The predicted molar refractivity (Wildman–Crippen MR) is 136 cm³/mol. The molecule has 0 fully saturated rings. The molecule has 0 aliphatic heterocycles. The maximum atomic E-state index is 13.3. The number of anilines is 1. The van der Waals surface area contributed by atoms with Gasteiger partial charge in [-0.25, -0.2) is 14.1 Å². The van der Waals surface area contributed by atoms with Gasteiger partial charge in [0.1, 0.15) is 5.82 Å². The molecule has 0 aliphatic rings. The van der Waals surface area contributed by atoms with E-state index in [-0.39, 0.29) is 11.7 Å². The van der Waals surface area contributed by atoms with Crippen molar-refractivity contribution in [2.45, 2.75) is 6.92 Å². The highest BCUT2D eigenvalue weighted by atomic mass is 79.9. The average molecular weight is 523 g/mol. The van der Waals surface area contributed by atoms with Gasteiger partial charge in [0.2, 0.25) is 10.7 Å². The Labute approximate surface area is 203 Å². The molecule has 0 aliphatic carbocycles. The highest BCUT2D eigenvalue weighted by Gasteiger charge is 2.11. The Bertz CT molecular complexity index is 1390. The molecule has 5 nitrogen and oxygen atoms in total. The molecule has 33 heavy (non-hydrogen) atoms. The lowest BCUT2D eigenvalue weighted by Gasteiger charge is -2.15. The van der Waals surface area contributed by atoms with Crippen LogP contribution in [0.4, 0.5) is 15.8 Å². The van der Waals surface area contributed by atoms with Crippen molar-refractivity contribution in [1.82, 2.24) is 4.68 Å². The molecule has 0 bridgehead atoms. The van der Waals surface area contributed by atoms with Crippen molar-refractivity contribution in [3.8, 4) is 11.3 Å². The standard InChI is InChI=1S/C25H20BrFN4OS/c1-16(18-5-4-8-23(14-18)28-17(2)32)30-31-24(19-6-3-7-20(26)13-19)15-33-25(31)29-22-11-9-21(27)10-12-22/h3-15,30H,1H2,2H3,(H,28,32). The molecular formula is C25H20BrFN4OS. The zero-order chi connectivity index (χ0) is 23.4. The van der Waals surface area contributed by atoms with Gasteiger partial charge in [0.05, 0.1) is 17.1 Å². The van der Waals surface area contributed by atoms with Gasteiger partial charge in [-0.05, 0) is 48.5 Å². The fraction of sp³-hybridized carbons (Fsp3) is 0.0400. The van der Waals surface area contributed by atoms with Crippen LogP contribution in [0.5, 0.6) is 0 Å². The van der Waals surface area contributed by atoms with Crippen LogP contribution in [0.15, 0.2) is 94.2 Å². The lowest BCUT2D eigenvalue weighted by molar-refractivity contribution is -0.114. The molecule has 0 radical (unpaired) electrons. The molecule has 0 atom stereocenters. The Morgan fingerprint density at radius 1 is 1.09 bits per heavy atom. The second kappa shape index (κ2) is 9.97. The summed E-state index contributed by atoms with van der Waals surface area (Å²) in [5.74, 6) is -0.455. The van der Waals surface area contributed by atoms with Gasteiger partial charge in [-0.2, -0.15) is 0 Å². The van der Waals surface area contributed by atoms with Crippen LogP contribution >= 0.6 is 27.3 Å². The number of carbonyl (C=O) groups excluding carboxylic acids is 1. The second-order valence-corrected chi connectivity index (χ2v) is 8.94. The second-order valence-electron chi connectivity index (χ2n) is 7.19. The average Bonchev–Trinajstić information content (AvgIpc) is 3.17. The van der Waals surface area contributed by atoms with Crippen molar-refractivity contribution in [3.05, 3.63) is 105 Å². The highest BCUT2D eigenvalue weighted by Crippen LogP contribution is 2.25. The summed E-state index contributed by atoms with van der Waals surface area (Å²) < 4.78 is 16.1. The van der Waals surface area contributed by atoms with Crippen LogP contribution in [0.25, 0.3) is 17.0 Å². The summed E-state index contributed by atoms with van der Waals surface area (Å²) in [6.07, 6.45) is 0. The van der Waals surface area contributed by atoms with Crippen LogP contribution in [0.3, 0.4) is 0 Å². The molecule has 0 spiro atoms. The van der Waals surface area contributed by atoms with Gasteiger partial charge in [-0.1, -0.05) is 46.8 Å². The normalized spacial score (nSPS) is 11.3. The summed E-state index contributed by atoms with van der Waals surface area (Å²) in [6, 6.07) is 21.4. The van der Waals surface area contributed by atoms with E-state index in [0.29, 0.717) is 21.9 Å². The number of halogens is 2. The van der Waals surface area contributed by atoms with Crippen LogP contribution in [0.1, 0.15) is 12.5 Å². The molecule has 0 unspecified atom stereocenters. The molecule has 2 N–H and O–H groups in total. The third-order valence-electron chi connectivity index (χ3n) is 4.66. The van der Waals surface area contributed by atoms with Gasteiger partial charge in [-0.15, -0.1) is 11.3 Å². The first-order chi connectivity index (χ1) is 15.9. The van der Waals surface area contributed by atoms with Crippen LogP contribution < -0.4 is 15.5 Å². The van der Waals surface area contributed by atoms with Gasteiger partial charge in [-0.3, -0.25) is 10.2 Å². The van der Waals surface area contributed by atoms with Gasteiger partial charge in [0.25, 0.3) is 0 Å². The third kappa shape index (κ3) is 5.66. The third-order valence-corrected chi connectivity index (χ3v) is 5.98. The molecular weight excluding hydrogens is 503 g/mol. The number of rotatable bonds is 6. The highest BCUT2D eigenvalue weighted by molar-refractivity contribution is 9.10. The number of carbonyl (C=O) groups is 1. The van der Waals surface area contributed by atoms with E-state index < -0.39 is 0 Å². The number of hydrogen-bond acceptors (Lipinski definition) is 4. The quantitative estimate of drug-likeness (QED) is 0.302. The summed E-state index contributed by atoms with van der Waals surface area (Å²) in [4.78, 5) is 16.8. The zero-order valence-corrected chi connectivity index (χ0v) is 20.1. The van der Waals surface area contributed by atoms with E-state index in [2.05, 4.69) is 33.3 Å². The molecule has 8 heteroatoms. The minimum Gasteiger partial charge on any atom is -0.326 e. The van der Waals surface area contributed by atoms with Gasteiger partial charge in [0.15, 0.2) is 0 Å². The Balaban J connectivity index is 1.76. The Kier molecular flexibility index (Phi) is 6.86. The maximum Gasteiger partial charge on any atom is 0.221 e. The summed E-state index contributed by atoms with van der Waals surface area (Å²) in [5, 5.41) is 4.78. The number of hydrogen-bond donors (Lipinski definition) is 2. The fourth-order valence-electron chi connectivity index (χ4n) is 3.16. The van der Waals surface area contributed by atoms with Crippen LogP contribution in [-0.2, 0) is 4.79 Å². The van der Waals surface area contributed by atoms with E-state index in [0.717, 1.165) is 21.3 Å². The Hall–Kier alpha value is -3.49. The summed E-state index contributed by atoms with van der Waals surface area (Å²) in [6.45, 7) is 5.66. The van der Waals surface area contributed by atoms with E-state index in [1.165, 1.54) is 30.4 Å². The molecule has 1 aromatic heterocycles. The van der Waals surface area contributed by atoms with Crippen molar-refractivity contribution < 1.29 is 9.18 Å². The topological polar surface area (TPSA) is 58.4 Å². The number of thiazole rings is 1. The summed E-state index contributed by atoms with van der Waals surface area (Å²) in [5.41, 5.74) is 7.96. The van der Waals surface area contributed by atoms with E-state index in [9.17, 15) is 9.18 Å². The molecule has 166 valence electrons. The SMILES string of the molecule is C=C(Nn1c(-c2cccc(Br)c2)csc1=Nc1ccc(F)cc1)c1cccc(NC(C)=O)c1. The number of nitrogens with one attached hydrogen (secondary N) is 2. The van der Waals surface area contributed by atoms with Crippen LogP contribution in [-0.4, -0.2) is 10.6 Å². The first kappa shape index (κ1) is 22.7. The van der Waals surface area contributed by atoms with Gasteiger partial charge >= 0.3 is 0 Å². The van der Waals surface area contributed by atoms with Crippen molar-refractivity contribution in [1.29, 1.82) is 0 Å². The minimum absolute atomic E-state index is 0.143. The van der Waals surface area contributed by atoms with E-state index in [1.807, 2.05) is 58.6 Å². The first-order valence-corrected chi connectivity index (χ1v) is 11.7. The Morgan fingerprint density at radius 3 is 2.58 bits per heavy atom. The number of amides is 1. The van der Waals surface area contributed by atoms with Gasteiger partial charge in [0, 0.05) is 33.6 Å². The van der Waals surface area contributed by atoms with Crippen molar-refractivity contribution in [2.75, 3.05) is 10.7 Å². The molecule has 0 saturated heterocycles. The first-order valence-electron chi connectivity index (χ1n) is 10.00. The predicted octanol–water partition coefficient (Wildman–Crippen LogP) is 6.52. The summed E-state index contributed by atoms with van der Waals surface area (Å²) in [7, 11) is 0. The van der Waals surface area contributed by atoms with E-state index >= 15 is 0 Å². The maximum absolute atomic E-state index is 13.3. The molecule has 1 amide bonds.